The summed E-state index contributed by atoms with van der Waals surface area (Å²) in [6.45, 7) is 0.714. The molecule has 0 fully saturated rings. The predicted octanol–water partition coefficient (Wildman–Crippen LogP) is 4.13. The molecule has 22 heavy (non-hydrogen) atoms. The van der Waals surface area contributed by atoms with Crippen molar-refractivity contribution >= 4 is 29.4 Å². The summed E-state index contributed by atoms with van der Waals surface area (Å²) in [5.41, 5.74) is 4.68. The van der Waals surface area contributed by atoms with Crippen LogP contribution in [0, 0.1) is 12.3 Å². The van der Waals surface area contributed by atoms with Gasteiger partial charge in [0.15, 0.2) is 0 Å². The SMILES string of the molecule is C#CCOc1ccc(/C=N/NCc2c(Cl)cccc2Cl)cc1. The molecular weight excluding hydrogens is 319 g/mol. The minimum Gasteiger partial charge on any atom is -0.481 e. The molecule has 0 spiro atoms. The molecule has 5 heteroatoms. The van der Waals surface area contributed by atoms with Crippen LogP contribution in [0.1, 0.15) is 11.1 Å². The highest BCUT2D eigenvalue weighted by Crippen LogP contribution is 2.23. The highest BCUT2D eigenvalue weighted by Gasteiger charge is 2.03. The van der Waals surface area contributed by atoms with E-state index < -0.39 is 0 Å². The van der Waals surface area contributed by atoms with Crippen LogP contribution in [-0.2, 0) is 6.54 Å². The molecule has 2 aromatic rings. The van der Waals surface area contributed by atoms with Gasteiger partial charge in [-0.1, -0.05) is 35.2 Å². The van der Waals surface area contributed by atoms with Gasteiger partial charge in [0.1, 0.15) is 12.4 Å². The van der Waals surface area contributed by atoms with Gasteiger partial charge in [-0.05, 0) is 42.0 Å². The second-order valence-corrected chi connectivity index (χ2v) is 5.17. The first kappa shape index (κ1) is 16.2. The van der Waals surface area contributed by atoms with Gasteiger partial charge in [0.05, 0.1) is 12.8 Å². The van der Waals surface area contributed by atoms with Crippen LogP contribution in [0.15, 0.2) is 47.6 Å². The van der Waals surface area contributed by atoms with Crippen molar-refractivity contribution in [2.75, 3.05) is 6.61 Å². The van der Waals surface area contributed by atoms with Gasteiger partial charge in [0.25, 0.3) is 0 Å². The lowest BCUT2D eigenvalue weighted by molar-refractivity contribution is 0.370. The highest BCUT2D eigenvalue weighted by molar-refractivity contribution is 6.35. The van der Waals surface area contributed by atoms with Crippen molar-refractivity contribution < 1.29 is 4.74 Å². The number of hydrogen-bond acceptors (Lipinski definition) is 3. The third-order valence-corrected chi connectivity index (χ3v) is 3.53. The monoisotopic (exact) mass is 332 g/mol. The number of nitrogens with zero attached hydrogens (tertiary/aromatic N) is 1. The molecule has 3 nitrogen and oxygen atoms in total. The number of nitrogens with one attached hydrogen (secondary N) is 1. The normalized spacial score (nSPS) is 10.4. The van der Waals surface area contributed by atoms with Gasteiger partial charge in [0, 0.05) is 15.6 Å². The van der Waals surface area contributed by atoms with E-state index in [1.807, 2.05) is 24.3 Å². The molecule has 2 rings (SSSR count). The van der Waals surface area contributed by atoms with Crippen molar-refractivity contribution in [2.24, 2.45) is 5.10 Å². The Kier molecular flexibility index (Phi) is 6.14. The molecule has 0 aliphatic rings. The molecule has 0 aliphatic heterocycles. The first-order chi connectivity index (χ1) is 10.7. The van der Waals surface area contributed by atoms with Gasteiger partial charge in [-0.3, -0.25) is 0 Å². The predicted molar refractivity (Wildman–Crippen MR) is 91.7 cm³/mol. The molecule has 0 unspecified atom stereocenters. The number of benzene rings is 2. The first-order valence-electron chi connectivity index (χ1n) is 6.56. The van der Waals surface area contributed by atoms with E-state index in [0.29, 0.717) is 16.6 Å². The Hall–Kier alpha value is -2.15. The van der Waals surface area contributed by atoms with E-state index in [2.05, 4.69) is 16.4 Å². The fourth-order valence-corrected chi connectivity index (χ4v) is 2.25. The molecule has 112 valence electrons. The van der Waals surface area contributed by atoms with Crippen molar-refractivity contribution in [3.8, 4) is 18.1 Å². The molecule has 0 atom stereocenters. The van der Waals surface area contributed by atoms with E-state index >= 15 is 0 Å². The third kappa shape index (κ3) is 4.70. The zero-order valence-electron chi connectivity index (χ0n) is 11.7. The fourth-order valence-electron chi connectivity index (χ4n) is 1.72. The van der Waals surface area contributed by atoms with Crippen molar-refractivity contribution in [1.29, 1.82) is 0 Å². The van der Waals surface area contributed by atoms with Crippen molar-refractivity contribution in [3.63, 3.8) is 0 Å². The van der Waals surface area contributed by atoms with Gasteiger partial charge in [-0.2, -0.15) is 5.10 Å². The fraction of sp³-hybridized carbons (Fsp3) is 0.118. The van der Waals surface area contributed by atoms with Crippen LogP contribution >= 0.6 is 23.2 Å². The summed E-state index contributed by atoms with van der Waals surface area (Å²) in [5.74, 6) is 3.14. The third-order valence-electron chi connectivity index (χ3n) is 2.82. The quantitative estimate of drug-likeness (QED) is 0.490. The number of hydrazone groups is 1. The molecule has 0 saturated heterocycles. The van der Waals surface area contributed by atoms with Crippen LogP contribution in [0.2, 0.25) is 10.0 Å². The number of rotatable bonds is 6. The lowest BCUT2D eigenvalue weighted by atomic mass is 10.2. The Morgan fingerprint density at radius 2 is 1.82 bits per heavy atom. The molecule has 0 radical (unpaired) electrons. The summed E-state index contributed by atoms with van der Waals surface area (Å²) in [6.07, 6.45) is 6.84. The minimum absolute atomic E-state index is 0.258. The summed E-state index contributed by atoms with van der Waals surface area (Å²) in [4.78, 5) is 0. The zero-order valence-corrected chi connectivity index (χ0v) is 13.2. The molecule has 2 aromatic carbocycles. The van der Waals surface area contributed by atoms with Crippen molar-refractivity contribution in [1.82, 2.24) is 5.43 Å². The summed E-state index contributed by atoms with van der Waals surface area (Å²) < 4.78 is 5.29. The average molecular weight is 333 g/mol. The largest absolute Gasteiger partial charge is 0.481 e. The second kappa shape index (κ2) is 8.33. The van der Waals surface area contributed by atoms with E-state index in [-0.39, 0.29) is 6.61 Å². The Balaban J connectivity index is 1.89. The van der Waals surface area contributed by atoms with Gasteiger partial charge in [-0.25, -0.2) is 0 Å². The molecule has 0 aliphatic carbocycles. The van der Waals surface area contributed by atoms with Crippen LogP contribution in [0.4, 0.5) is 0 Å². The smallest absolute Gasteiger partial charge is 0.148 e. The maximum atomic E-state index is 6.08. The Labute approximate surface area is 139 Å². The number of terminal acetylenes is 1. The molecule has 0 bridgehead atoms. The molecular formula is C17H14Cl2N2O. The van der Waals surface area contributed by atoms with Crippen LogP contribution < -0.4 is 10.2 Å². The van der Waals surface area contributed by atoms with Gasteiger partial charge < -0.3 is 10.2 Å². The van der Waals surface area contributed by atoms with E-state index in [4.69, 9.17) is 34.4 Å². The van der Waals surface area contributed by atoms with Gasteiger partial charge >= 0.3 is 0 Å². The Morgan fingerprint density at radius 3 is 2.45 bits per heavy atom. The number of ether oxygens (including phenoxy) is 1. The van der Waals surface area contributed by atoms with Crippen LogP contribution in [0.3, 0.4) is 0 Å². The van der Waals surface area contributed by atoms with Crippen molar-refractivity contribution in [2.45, 2.75) is 6.54 Å². The summed E-state index contributed by atoms with van der Waals surface area (Å²) in [6, 6.07) is 12.8. The highest BCUT2D eigenvalue weighted by atomic mass is 35.5. The Morgan fingerprint density at radius 1 is 1.14 bits per heavy atom. The molecule has 0 aromatic heterocycles. The lowest BCUT2D eigenvalue weighted by Gasteiger charge is -2.06. The molecule has 1 N–H and O–H groups in total. The van der Waals surface area contributed by atoms with Gasteiger partial charge in [-0.15, -0.1) is 6.42 Å². The standard InChI is InChI=1S/C17H14Cl2N2O/c1-2-10-22-14-8-6-13(7-9-14)11-20-21-12-15-16(18)4-3-5-17(15)19/h1,3-9,11,21H,10,12H2/b20-11+. The lowest BCUT2D eigenvalue weighted by Crippen LogP contribution is -2.06. The van der Waals surface area contributed by atoms with Crippen LogP contribution in [-0.4, -0.2) is 12.8 Å². The molecule has 0 heterocycles. The Bertz CT molecular complexity index is 671. The summed E-state index contributed by atoms with van der Waals surface area (Å²) in [7, 11) is 0. The van der Waals surface area contributed by atoms with E-state index in [9.17, 15) is 0 Å². The zero-order chi connectivity index (χ0) is 15.8. The van der Waals surface area contributed by atoms with E-state index in [1.165, 1.54) is 0 Å². The molecule has 0 amide bonds. The summed E-state index contributed by atoms with van der Waals surface area (Å²) >= 11 is 12.2. The van der Waals surface area contributed by atoms with E-state index in [0.717, 1.165) is 16.9 Å². The van der Waals surface area contributed by atoms with Gasteiger partial charge in [0.2, 0.25) is 0 Å². The van der Waals surface area contributed by atoms with Crippen LogP contribution in [0.25, 0.3) is 0 Å². The molecule has 0 saturated carbocycles. The second-order valence-electron chi connectivity index (χ2n) is 4.36. The minimum atomic E-state index is 0.258. The maximum absolute atomic E-state index is 6.08. The number of halogens is 2. The first-order valence-corrected chi connectivity index (χ1v) is 7.31. The van der Waals surface area contributed by atoms with E-state index in [1.54, 1.807) is 24.4 Å². The van der Waals surface area contributed by atoms with Crippen molar-refractivity contribution in [3.05, 3.63) is 63.6 Å². The van der Waals surface area contributed by atoms with Crippen LogP contribution in [0.5, 0.6) is 5.75 Å². The number of hydrogen-bond donors (Lipinski definition) is 1. The average Bonchev–Trinajstić information content (AvgIpc) is 2.53. The maximum Gasteiger partial charge on any atom is 0.148 e. The summed E-state index contributed by atoms with van der Waals surface area (Å²) in [5, 5.41) is 5.38. The topological polar surface area (TPSA) is 33.6 Å².